The van der Waals surface area contributed by atoms with Crippen LogP contribution in [0.2, 0.25) is 0 Å². The van der Waals surface area contributed by atoms with Gasteiger partial charge in [0.2, 0.25) is 15.9 Å². The number of nitro groups is 1. The first-order chi connectivity index (χ1) is 15.3. The number of nitrogens with one attached hydrogen (secondary N) is 1. The molecule has 3 aromatic carbocycles. The molecule has 0 aliphatic carbocycles. The Kier molecular flexibility index (Phi) is 5.94. The summed E-state index contributed by atoms with van der Waals surface area (Å²) in [5.74, 6) is -0.885. The largest absolute Gasteiger partial charge is 0.325 e. The molecule has 32 heavy (non-hydrogen) atoms. The zero-order valence-corrected chi connectivity index (χ0v) is 18.3. The molecule has 0 radical (unpaired) electrons. The van der Waals surface area contributed by atoms with Crippen LogP contribution in [-0.4, -0.2) is 36.6 Å². The molecule has 1 heterocycles. The van der Waals surface area contributed by atoms with Crippen molar-refractivity contribution in [3.8, 4) is 0 Å². The van der Waals surface area contributed by atoms with Gasteiger partial charge in [-0.15, -0.1) is 0 Å². The molecule has 3 aromatic rings. The van der Waals surface area contributed by atoms with Gasteiger partial charge in [-0.3, -0.25) is 14.9 Å². The Labute approximate surface area is 186 Å². The highest BCUT2D eigenvalue weighted by Crippen LogP contribution is 2.28. The number of fused-ring (bicyclic) bond motifs is 1. The van der Waals surface area contributed by atoms with Crippen molar-refractivity contribution < 1.29 is 18.1 Å². The van der Waals surface area contributed by atoms with Crippen LogP contribution < -0.4 is 5.32 Å². The van der Waals surface area contributed by atoms with E-state index in [0.29, 0.717) is 30.6 Å². The molecule has 0 aromatic heterocycles. The van der Waals surface area contributed by atoms with Crippen molar-refractivity contribution in [2.24, 2.45) is 5.92 Å². The number of carbonyl (C=O) groups excluding carboxylic acids is 1. The van der Waals surface area contributed by atoms with Crippen LogP contribution in [0.3, 0.4) is 0 Å². The highest BCUT2D eigenvalue weighted by atomic mass is 32.2. The molecule has 1 amide bonds. The first-order valence-corrected chi connectivity index (χ1v) is 11.7. The lowest BCUT2D eigenvalue weighted by Gasteiger charge is -2.31. The summed E-state index contributed by atoms with van der Waals surface area (Å²) in [4.78, 5) is 23.6. The van der Waals surface area contributed by atoms with E-state index in [9.17, 15) is 23.3 Å². The normalized spacial score (nSPS) is 17.2. The van der Waals surface area contributed by atoms with E-state index < -0.39 is 20.9 Å². The van der Waals surface area contributed by atoms with Crippen LogP contribution in [0.25, 0.3) is 10.8 Å². The van der Waals surface area contributed by atoms with Crippen LogP contribution in [0.15, 0.2) is 65.6 Å². The zero-order chi connectivity index (χ0) is 22.9. The maximum atomic E-state index is 13.3. The Bertz CT molecular complexity index is 1310. The lowest BCUT2D eigenvalue weighted by atomic mass is 9.98. The first kappa shape index (κ1) is 21.9. The number of rotatable bonds is 5. The fraction of sp³-hybridized carbons (Fsp3) is 0.261. The molecule has 1 atom stereocenters. The Hall–Kier alpha value is -3.30. The fourth-order valence-corrected chi connectivity index (χ4v) is 5.50. The Morgan fingerprint density at radius 2 is 1.84 bits per heavy atom. The number of nitrogens with zero attached hydrogens (tertiary/aromatic N) is 2. The van der Waals surface area contributed by atoms with Crippen molar-refractivity contribution >= 4 is 38.1 Å². The summed E-state index contributed by atoms with van der Waals surface area (Å²) in [6, 6.07) is 16.8. The number of aryl methyl sites for hydroxylation is 1. The average Bonchev–Trinajstić information content (AvgIpc) is 2.80. The average molecular weight is 454 g/mol. The summed E-state index contributed by atoms with van der Waals surface area (Å²) in [5.41, 5.74) is 0.939. The minimum Gasteiger partial charge on any atom is -0.325 e. The number of hydrogen-bond acceptors (Lipinski definition) is 5. The van der Waals surface area contributed by atoms with Crippen molar-refractivity contribution in [1.82, 2.24) is 4.31 Å². The number of carbonyl (C=O) groups is 1. The number of anilines is 1. The lowest BCUT2D eigenvalue weighted by Crippen LogP contribution is -2.43. The number of piperidine rings is 1. The van der Waals surface area contributed by atoms with Gasteiger partial charge < -0.3 is 5.32 Å². The van der Waals surface area contributed by atoms with E-state index in [2.05, 4.69) is 5.32 Å². The van der Waals surface area contributed by atoms with Crippen LogP contribution in [0.4, 0.5) is 11.4 Å². The highest BCUT2D eigenvalue weighted by Gasteiger charge is 2.33. The molecule has 1 fully saturated rings. The maximum Gasteiger partial charge on any atom is 0.271 e. The van der Waals surface area contributed by atoms with Gasteiger partial charge in [-0.25, -0.2) is 8.42 Å². The van der Waals surface area contributed by atoms with Crippen molar-refractivity contribution in [3.05, 3.63) is 76.3 Å². The number of benzene rings is 3. The van der Waals surface area contributed by atoms with Crippen molar-refractivity contribution in [3.63, 3.8) is 0 Å². The second-order valence-electron chi connectivity index (χ2n) is 7.96. The molecule has 0 spiro atoms. The van der Waals surface area contributed by atoms with Crippen LogP contribution >= 0.6 is 0 Å². The molecule has 8 nitrogen and oxygen atoms in total. The van der Waals surface area contributed by atoms with Gasteiger partial charge in [0, 0.05) is 25.2 Å². The monoisotopic (exact) mass is 453 g/mol. The van der Waals surface area contributed by atoms with Gasteiger partial charge in [0.1, 0.15) is 0 Å². The molecule has 1 saturated heterocycles. The molecule has 9 heteroatoms. The number of sulfonamides is 1. The Balaban J connectivity index is 1.53. The van der Waals surface area contributed by atoms with E-state index in [1.807, 2.05) is 24.3 Å². The molecule has 0 bridgehead atoms. The SMILES string of the molecule is Cc1ccc([N+](=O)[O-])cc1NC(=O)[C@H]1CCCN(S(=O)(=O)c2ccc3ccccc3c2)C1. The Morgan fingerprint density at radius 3 is 2.59 bits per heavy atom. The molecular weight excluding hydrogens is 430 g/mol. The summed E-state index contributed by atoms with van der Waals surface area (Å²) in [6.07, 6.45) is 1.10. The molecule has 166 valence electrons. The third kappa shape index (κ3) is 4.35. The Morgan fingerprint density at radius 1 is 1.09 bits per heavy atom. The van der Waals surface area contributed by atoms with Crippen LogP contribution in [-0.2, 0) is 14.8 Å². The minimum absolute atomic E-state index is 0.0645. The number of non-ortho nitro benzene ring substituents is 1. The molecule has 1 aliphatic heterocycles. The lowest BCUT2D eigenvalue weighted by molar-refractivity contribution is -0.384. The molecule has 0 saturated carbocycles. The van der Waals surface area contributed by atoms with Gasteiger partial charge in [-0.05, 0) is 48.2 Å². The number of hydrogen-bond donors (Lipinski definition) is 1. The second-order valence-corrected chi connectivity index (χ2v) is 9.89. The van der Waals surface area contributed by atoms with Crippen molar-refractivity contribution in [2.45, 2.75) is 24.7 Å². The standard InChI is InChI=1S/C23H23N3O5S/c1-16-8-10-20(26(28)29)14-22(16)24-23(27)19-7-4-12-25(15-19)32(30,31)21-11-9-17-5-2-3-6-18(17)13-21/h2-3,5-6,8-11,13-14,19H,4,7,12,15H2,1H3,(H,24,27)/t19-/m0/s1. The smallest absolute Gasteiger partial charge is 0.271 e. The summed E-state index contributed by atoms with van der Waals surface area (Å²) < 4.78 is 27.9. The third-order valence-corrected chi connectivity index (χ3v) is 7.66. The van der Waals surface area contributed by atoms with Crippen LogP contribution in [0.5, 0.6) is 0 Å². The van der Waals surface area contributed by atoms with Crippen LogP contribution in [0, 0.1) is 23.0 Å². The van der Waals surface area contributed by atoms with Gasteiger partial charge in [-0.1, -0.05) is 36.4 Å². The van der Waals surface area contributed by atoms with E-state index in [-0.39, 0.29) is 23.0 Å². The molecule has 1 N–H and O–H groups in total. The van der Waals surface area contributed by atoms with Crippen molar-refractivity contribution in [1.29, 1.82) is 0 Å². The molecule has 4 rings (SSSR count). The van der Waals surface area contributed by atoms with E-state index >= 15 is 0 Å². The van der Waals surface area contributed by atoms with Gasteiger partial charge in [-0.2, -0.15) is 4.31 Å². The summed E-state index contributed by atoms with van der Waals surface area (Å²) in [6.45, 7) is 2.15. The minimum atomic E-state index is -3.75. The fourth-order valence-electron chi connectivity index (χ4n) is 3.94. The second kappa shape index (κ2) is 8.68. The van der Waals surface area contributed by atoms with E-state index in [0.717, 1.165) is 10.8 Å². The molecule has 1 aliphatic rings. The van der Waals surface area contributed by atoms with Gasteiger partial charge >= 0.3 is 0 Å². The molecular formula is C23H23N3O5S. The van der Waals surface area contributed by atoms with E-state index in [4.69, 9.17) is 0 Å². The predicted octanol–water partition coefficient (Wildman–Crippen LogP) is 4.10. The summed E-state index contributed by atoms with van der Waals surface area (Å²) in [7, 11) is -3.75. The number of nitro benzene ring substituents is 1. The topological polar surface area (TPSA) is 110 Å². The highest BCUT2D eigenvalue weighted by molar-refractivity contribution is 7.89. The van der Waals surface area contributed by atoms with Crippen LogP contribution in [0.1, 0.15) is 18.4 Å². The van der Waals surface area contributed by atoms with Gasteiger partial charge in [0.05, 0.1) is 21.4 Å². The van der Waals surface area contributed by atoms with Crippen molar-refractivity contribution in [2.75, 3.05) is 18.4 Å². The maximum absolute atomic E-state index is 13.3. The third-order valence-electron chi connectivity index (χ3n) is 5.80. The predicted molar refractivity (Wildman–Crippen MR) is 122 cm³/mol. The quantitative estimate of drug-likeness (QED) is 0.462. The summed E-state index contributed by atoms with van der Waals surface area (Å²) in [5, 5.41) is 15.6. The van der Waals surface area contributed by atoms with Gasteiger partial charge in [0.15, 0.2) is 0 Å². The molecule has 0 unspecified atom stereocenters. The summed E-state index contributed by atoms with van der Waals surface area (Å²) >= 11 is 0. The van der Waals surface area contributed by atoms with Gasteiger partial charge in [0.25, 0.3) is 5.69 Å². The van der Waals surface area contributed by atoms with E-state index in [1.54, 1.807) is 31.2 Å². The number of amides is 1. The van der Waals surface area contributed by atoms with E-state index in [1.165, 1.54) is 16.4 Å². The zero-order valence-electron chi connectivity index (χ0n) is 17.5. The first-order valence-electron chi connectivity index (χ1n) is 10.3.